The van der Waals surface area contributed by atoms with Gasteiger partial charge < -0.3 is 20.3 Å². The second-order valence-electron chi connectivity index (χ2n) is 4.42. The fourth-order valence-electron chi connectivity index (χ4n) is 1.99. The lowest BCUT2D eigenvalue weighted by atomic mass is 9.99. The van der Waals surface area contributed by atoms with E-state index >= 15 is 0 Å². The van der Waals surface area contributed by atoms with Crippen LogP contribution in [0.1, 0.15) is 17.9 Å². The molecule has 0 aliphatic carbocycles. The van der Waals surface area contributed by atoms with E-state index in [1.54, 1.807) is 18.2 Å². The lowest BCUT2D eigenvalue weighted by Gasteiger charge is -2.15. The Morgan fingerprint density at radius 2 is 2.42 bits per heavy atom. The summed E-state index contributed by atoms with van der Waals surface area (Å²) in [7, 11) is 0. The third-order valence-corrected chi connectivity index (χ3v) is 3.37. The molecule has 6 heteroatoms. The Morgan fingerprint density at radius 1 is 1.63 bits per heavy atom. The fraction of sp³-hybridized carbons (Fsp3) is 0.462. The summed E-state index contributed by atoms with van der Waals surface area (Å²) in [6.07, 6.45) is 0.840. The van der Waals surface area contributed by atoms with Gasteiger partial charge in [-0.25, -0.2) is 0 Å². The van der Waals surface area contributed by atoms with Crippen LogP contribution in [0.5, 0.6) is 5.75 Å². The highest BCUT2D eigenvalue weighted by Crippen LogP contribution is 2.30. The van der Waals surface area contributed by atoms with Gasteiger partial charge in [0.1, 0.15) is 11.9 Å². The van der Waals surface area contributed by atoms with Crippen molar-refractivity contribution < 1.29 is 19.4 Å². The maximum atomic E-state index is 11.0. The normalized spacial score (nSPS) is 20.2. The maximum absolute atomic E-state index is 11.0. The second-order valence-corrected chi connectivity index (χ2v) is 4.83. The van der Waals surface area contributed by atoms with Crippen LogP contribution in [0, 0.1) is 0 Å². The van der Waals surface area contributed by atoms with Crippen molar-refractivity contribution in [1.82, 2.24) is 0 Å². The summed E-state index contributed by atoms with van der Waals surface area (Å²) in [5, 5.41) is 9.44. The highest BCUT2D eigenvalue weighted by Gasteiger charge is 2.21. The Balaban J connectivity index is 2.13. The van der Waals surface area contributed by atoms with Crippen LogP contribution < -0.4 is 10.5 Å². The zero-order chi connectivity index (χ0) is 13.8. The standard InChI is InChI=1S/C13H16ClNO4/c14-11-5-8(10(6-15)13(16)17)1-2-12(11)19-9-3-4-18-7-9/h1-2,5,9-10H,3-4,6-7,15H2,(H,16,17). The Hall–Kier alpha value is -1.30. The molecule has 0 saturated carbocycles. The highest BCUT2D eigenvalue weighted by molar-refractivity contribution is 6.32. The zero-order valence-electron chi connectivity index (χ0n) is 10.3. The molecule has 5 nitrogen and oxygen atoms in total. The molecule has 2 atom stereocenters. The second kappa shape index (κ2) is 6.23. The summed E-state index contributed by atoms with van der Waals surface area (Å²) in [6, 6.07) is 4.96. The van der Waals surface area contributed by atoms with Crippen molar-refractivity contribution in [2.75, 3.05) is 19.8 Å². The summed E-state index contributed by atoms with van der Waals surface area (Å²) in [6.45, 7) is 1.27. The quantitative estimate of drug-likeness (QED) is 0.859. The van der Waals surface area contributed by atoms with E-state index in [2.05, 4.69) is 0 Å². The summed E-state index contributed by atoms with van der Waals surface area (Å²) in [4.78, 5) is 11.0. The number of ether oxygens (including phenoxy) is 2. The van der Waals surface area contributed by atoms with Crippen molar-refractivity contribution in [3.63, 3.8) is 0 Å². The largest absolute Gasteiger partial charge is 0.486 e. The minimum atomic E-state index is -0.962. The third-order valence-electron chi connectivity index (χ3n) is 3.07. The van der Waals surface area contributed by atoms with E-state index in [9.17, 15) is 4.79 Å². The molecule has 1 fully saturated rings. The maximum Gasteiger partial charge on any atom is 0.312 e. The van der Waals surface area contributed by atoms with Crippen molar-refractivity contribution in [3.8, 4) is 5.75 Å². The minimum absolute atomic E-state index is 0.00753. The number of hydrogen-bond acceptors (Lipinski definition) is 4. The summed E-state index contributed by atoms with van der Waals surface area (Å²) in [5.74, 6) is -1.17. The zero-order valence-corrected chi connectivity index (χ0v) is 11.1. The number of carboxylic acids is 1. The molecule has 0 aromatic heterocycles. The molecular formula is C13H16ClNO4. The SMILES string of the molecule is NCC(C(=O)O)c1ccc(OC2CCOC2)c(Cl)c1. The van der Waals surface area contributed by atoms with Gasteiger partial charge >= 0.3 is 5.97 Å². The minimum Gasteiger partial charge on any atom is -0.486 e. The van der Waals surface area contributed by atoms with Crippen LogP contribution in [-0.4, -0.2) is 36.9 Å². The van der Waals surface area contributed by atoms with Crippen molar-refractivity contribution in [3.05, 3.63) is 28.8 Å². The number of halogens is 1. The highest BCUT2D eigenvalue weighted by atomic mass is 35.5. The van der Waals surface area contributed by atoms with Gasteiger partial charge in [-0.15, -0.1) is 0 Å². The summed E-state index contributed by atoms with van der Waals surface area (Å²) >= 11 is 6.11. The predicted molar refractivity (Wildman–Crippen MR) is 70.7 cm³/mol. The average molecular weight is 286 g/mol. The van der Waals surface area contributed by atoms with Crippen molar-refractivity contribution in [1.29, 1.82) is 0 Å². The molecule has 2 unspecified atom stereocenters. The molecule has 2 rings (SSSR count). The third kappa shape index (κ3) is 3.37. The van der Waals surface area contributed by atoms with Gasteiger partial charge in [0.05, 0.1) is 24.2 Å². The first-order valence-corrected chi connectivity index (χ1v) is 6.46. The smallest absolute Gasteiger partial charge is 0.312 e. The lowest BCUT2D eigenvalue weighted by molar-refractivity contribution is -0.138. The van der Waals surface area contributed by atoms with E-state index < -0.39 is 11.9 Å². The van der Waals surface area contributed by atoms with Crippen LogP contribution in [0.3, 0.4) is 0 Å². The molecule has 1 saturated heterocycles. The molecule has 19 heavy (non-hydrogen) atoms. The number of benzene rings is 1. The van der Waals surface area contributed by atoms with E-state index in [0.717, 1.165) is 6.42 Å². The van der Waals surface area contributed by atoms with Gasteiger partial charge in [0.25, 0.3) is 0 Å². The lowest BCUT2D eigenvalue weighted by Crippen LogP contribution is -2.21. The van der Waals surface area contributed by atoms with E-state index in [0.29, 0.717) is 29.5 Å². The van der Waals surface area contributed by atoms with Crippen LogP contribution in [0.15, 0.2) is 18.2 Å². The molecule has 1 aromatic carbocycles. The van der Waals surface area contributed by atoms with Gasteiger partial charge in [0.15, 0.2) is 0 Å². The molecule has 0 bridgehead atoms. The number of aliphatic carboxylic acids is 1. The van der Waals surface area contributed by atoms with Gasteiger partial charge in [-0.2, -0.15) is 0 Å². The van der Waals surface area contributed by atoms with E-state index in [-0.39, 0.29) is 12.6 Å². The van der Waals surface area contributed by atoms with E-state index in [1.807, 2.05) is 0 Å². The van der Waals surface area contributed by atoms with Gasteiger partial charge in [0.2, 0.25) is 0 Å². The molecule has 1 aliphatic rings. The first-order valence-electron chi connectivity index (χ1n) is 6.08. The molecule has 1 aromatic rings. The topological polar surface area (TPSA) is 81.8 Å². The van der Waals surface area contributed by atoms with Crippen molar-refractivity contribution in [2.24, 2.45) is 5.73 Å². The Bertz CT molecular complexity index is 460. The van der Waals surface area contributed by atoms with E-state index in [1.165, 1.54) is 0 Å². The van der Waals surface area contributed by atoms with Crippen LogP contribution in [0.2, 0.25) is 5.02 Å². The van der Waals surface area contributed by atoms with E-state index in [4.69, 9.17) is 31.9 Å². The first-order chi connectivity index (χ1) is 9.11. The average Bonchev–Trinajstić information content (AvgIpc) is 2.86. The molecule has 0 radical (unpaired) electrons. The van der Waals surface area contributed by atoms with Crippen molar-refractivity contribution >= 4 is 17.6 Å². The molecule has 3 N–H and O–H groups in total. The van der Waals surface area contributed by atoms with Crippen LogP contribution in [-0.2, 0) is 9.53 Å². The summed E-state index contributed by atoms with van der Waals surface area (Å²) < 4.78 is 10.9. The number of hydrogen-bond donors (Lipinski definition) is 2. The Kier molecular flexibility index (Phi) is 4.63. The molecule has 0 amide bonds. The van der Waals surface area contributed by atoms with Gasteiger partial charge in [-0.3, -0.25) is 4.79 Å². The van der Waals surface area contributed by atoms with Gasteiger partial charge in [0, 0.05) is 13.0 Å². The molecular weight excluding hydrogens is 270 g/mol. The predicted octanol–water partition coefficient (Wildman–Crippen LogP) is 1.63. The van der Waals surface area contributed by atoms with Gasteiger partial charge in [-0.1, -0.05) is 17.7 Å². The first kappa shape index (κ1) is 14.1. The fourth-order valence-corrected chi connectivity index (χ4v) is 2.23. The number of carboxylic acid groups (broad SMARTS) is 1. The molecule has 0 spiro atoms. The van der Waals surface area contributed by atoms with Crippen LogP contribution in [0.4, 0.5) is 0 Å². The van der Waals surface area contributed by atoms with Crippen molar-refractivity contribution in [2.45, 2.75) is 18.4 Å². The molecule has 1 heterocycles. The Morgan fingerprint density at radius 3 is 2.95 bits per heavy atom. The van der Waals surface area contributed by atoms with Crippen LogP contribution >= 0.6 is 11.6 Å². The monoisotopic (exact) mass is 285 g/mol. The van der Waals surface area contributed by atoms with Crippen LogP contribution in [0.25, 0.3) is 0 Å². The molecule has 104 valence electrons. The summed E-state index contributed by atoms with van der Waals surface area (Å²) in [5.41, 5.74) is 6.03. The number of rotatable bonds is 5. The Labute approximate surface area is 116 Å². The van der Waals surface area contributed by atoms with Gasteiger partial charge in [-0.05, 0) is 17.7 Å². The number of nitrogens with two attached hydrogens (primary N) is 1. The molecule has 1 aliphatic heterocycles. The number of carbonyl (C=O) groups is 1.